The molecule has 8 heteroatoms. The molecule has 0 aliphatic carbocycles. The Hall–Kier alpha value is -2.77. The predicted octanol–water partition coefficient (Wildman–Crippen LogP) is 3.41. The van der Waals surface area contributed by atoms with Gasteiger partial charge in [-0.05, 0) is 77.9 Å². The Kier molecular flexibility index (Phi) is 10.2. The third kappa shape index (κ3) is 6.64. The number of likely N-dealkylation sites (N-methyl/N-ethyl adjacent to an activating group) is 1. The molecule has 0 bridgehead atoms. The molecule has 182 valence electrons. The molecule has 0 spiro atoms. The molecule has 0 aliphatic heterocycles. The van der Waals surface area contributed by atoms with E-state index in [4.69, 9.17) is 11.2 Å². The van der Waals surface area contributed by atoms with Gasteiger partial charge in [0.25, 0.3) is 0 Å². The highest BCUT2D eigenvalue weighted by Gasteiger charge is 2.47. The Morgan fingerprint density at radius 3 is 2.00 bits per heavy atom. The number of methoxy groups -OCH3 is 1. The van der Waals surface area contributed by atoms with E-state index in [1.54, 1.807) is 43.4 Å². The monoisotopic (exact) mass is 578 g/mol. The van der Waals surface area contributed by atoms with E-state index >= 15 is 0 Å². The number of nitrogens with zero attached hydrogens (tertiary/aromatic N) is 1. The molecule has 3 atom stereocenters. The van der Waals surface area contributed by atoms with Crippen molar-refractivity contribution >= 4 is 34.3 Å². The summed E-state index contributed by atoms with van der Waals surface area (Å²) in [7, 11) is 3.00. The van der Waals surface area contributed by atoms with Crippen LogP contribution >= 0.6 is 22.6 Å². The number of rotatable bonds is 12. The summed E-state index contributed by atoms with van der Waals surface area (Å²) < 4.78 is 3.88. The van der Waals surface area contributed by atoms with Crippen LogP contribution in [0, 0.1) is 12.5 Å². The summed E-state index contributed by atoms with van der Waals surface area (Å²) in [6.45, 7) is 1.96. The van der Waals surface area contributed by atoms with Gasteiger partial charge < -0.3 is 20.3 Å². The van der Waals surface area contributed by atoms with Crippen LogP contribution in [0.3, 0.4) is 0 Å². The number of aromatic hydroxyl groups is 2. The predicted molar refractivity (Wildman–Crippen MR) is 140 cm³/mol. The van der Waals surface area contributed by atoms with Crippen molar-refractivity contribution in [3.8, 4) is 24.0 Å². The number of carbonyl (C=O) groups is 2. The second-order valence-electron chi connectivity index (χ2n) is 7.99. The number of nitrogens with one attached hydrogen (secondary N) is 1. The zero-order valence-corrected chi connectivity index (χ0v) is 21.8. The van der Waals surface area contributed by atoms with Gasteiger partial charge in [-0.15, -0.1) is 0 Å². The number of alkyl halides is 1. The number of halogens is 1. The lowest BCUT2D eigenvalue weighted by Gasteiger charge is -2.41. The van der Waals surface area contributed by atoms with Crippen molar-refractivity contribution < 1.29 is 24.5 Å². The van der Waals surface area contributed by atoms with Crippen LogP contribution in [-0.4, -0.2) is 56.7 Å². The minimum atomic E-state index is -1.18. The Balaban J connectivity index is 2.43. The molecule has 7 nitrogen and oxygen atoms in total. The van der Waals surface area contributed by atoms with Gasteiger partial charge in [0.1, 0.15) is 17.5 Å². The van der Waals surface area contributed by atoms with Crippen LogP contribution in [0.1, 0.15) is 30.9 Å². The number of phenolic OH excluding ortho intramolecular Hbond substituents is 2. The zero-order valence-electron chi connectivity index (χ0n) is 19.6. The second-order valence-corrected chi connectivity index (χ2v) is 9.78. The molecule has 2 aromatic carbocycles. The van der Waals surface area contributed by atoms with Crippen molar-refractivity contribution in [3.05, 3.63) is 59.7 Å². The Morgan fingerprint density at radius 2 is 1.59 bits per heavy atom. The number of Topliss-reactive ketones (excluding diaryl/α,β-unsaturated/α-hetero) is 1. The number of hydrogen-bond acceptors (Lipinski definition) is 7. The summed E-state index contributed by atoms with van der Waals surface area (Å²) in [6.07, 6.45) is 7.62. The van der Waals surface area contributed by atoms with Gasteiger partial charge in [-0.25, -0.2) is 4.79 Å². The topological polar surface area (TPSA) is 99.1 Å². The van der Waals surface area contributed by atoms with Gasteiger partial charge in [-0.1, -0.05) is 44.0 Å². The van der Waals surface area contributed by atoms with Crippen LogP contribution in [0.2, 0.25) is 0 Å². The largest absolute Gasteiger partial charge is 0.508 e. The lowest BCUT2D eigenvalue weighted by molar-refractivity contribution is -0.147. The Bertz CT molecular complexity index is 1000. The second kappa shape index (κ2) is 12.6. The van der Waals surface area contributed by atoms with E-state index in [1.165, 1.54) is 24.1 Å². The maximum atomic E-state index is 13.9. The van der Waals surface area contributed by atoms with Crippen LogP contribution in [-0.2, 0) is 27.2 Å². The first-order chi connectivity index (χ1) is 16.2. The molecule has 0 amide bonds. The normalized spacial score (nSPS) is 14.3. The summed E-state index contributed by atoms with van der Waals surface area (Å²) in [6, 6.07) is 14.3. The first-order valence-corrected chi connectivity index (χ1v) is 12.1. The molecule has 2 rings (SSSR count). The standard InChI is InChI=1S/C26H31IN2O5/c1-5-15-26(27,24(32)22(28-3)16-18-7-11-20(30)12-8-18)29(6-2)23(25(33)34-4)17-19-9-13-21(31)14-10-19/h2,7-14,22-23,28,30-31H,5,15-17H2,1,3-4H3/t22?,23-,26?/m0/s1. The van der Waals surface area contributed by atoms with Crippen LogP contribution in [0.5, 0.6) is 11.5 Å². The minimum Gasteiger partial charge on any atom is -0.508 e. The summed E-state index contributed by atoms with van der Waals surface area (Å²) >= 11 is 2.07. The van der Waals surface area contributed by atoms with E-state index in [-0.39, 0.29) is 23.7 Å². The maximum absolute atomic E-state index is 13.9. The lowest BCUT2D eigenvalue weighted by Crippen LogP contribution is -2.59. The van der Waals surface area contributed by atoms with Gasteiger partial charge in [-0.3, -0.25) is 9.69 Å². The molecule has 3 N–H and O–H groups in total. The molecule has 34 heavy (non-hydrogen) atoms. The van der Waals surface area contributed by atoms with E-state index in [9.17, 15) is 19.8 Å². The average Bonchev–Trinajstić information content (AvgIpc) is 2.84. The summed E-state index contributed by atoms with van der Waals surface area (Å²) in [5.74, 6) is -0.430. The lowest BCUT2D eigenvalue weighted by atomic mass is 9.92. The smallest absolute Gasteiger partial charge is 0.329 e. The average molecular weight is 578 g/mol. The maximum Gasteiger partial charge on any atom is 0.329 e. The number of ketones is 1. The molecule has 0 fully saturated rings. The van der Waals surface area contributed by atoms with Crippen molar-refractivity contribution in [3.63, 3.8) is 0 Å². The molecular weight excluding hydrogens is 547 g/mol. The third-order valence-corrected chi connectivity index (χ3v) is 7.26. The molecule has 0 heterocycles. The molecular formula is C26H31IN2O5. The number of hydrogen-bond donors (Lipinski definition) is 3. The van der Waals surface area contributed by atoms with Gasteiger partial charge >= 0.3 is 5.97 Å². The summed E-state index contributed by atoms with van der Waals surface area (Å²) in [4.78, 5) is 28.3. The van der Waals surface area contributed by atoms with Crippen LogP contribution in [0.15, 0.2) is 48.5 Å². The van der Waals surface area contributed by atoms with Crippen molar-refractivity contribution in [1.29, 1.82) is 0 Å². The van der Waals surface area contributed by atoms with Crippen LogP contribution < -0.4 is 5.32 Å². The Morgan fingerprint density at radius 1 is 1.09 bits per heavy atom. The van der Waals surface area contributed by atoms with E-state index in [2.05, 4.69) is 34.0 Å². The van der Waals surface area contributed by atoms with Gasteiger partial charge in [0, 0.05) is 12.5 Å². The van der Waals surface area contributed by atoms with Crippen molar-refractivity contribution in [2.45, 2.75) is 48.2 Å². The van der Waals surface area contributed by atoms with Gasteiger partial charge in [0.2, 0.25) is 0 Å². The molecule has 0 aromatic heterocycles. The first-order valence-electron chi connectivity index (χ1n) is 11.0. The fourth-order valence-corrected chi connectivity index (χ4v) is 5.26. The SMILES string of the molecule is C#CN([C@@H](Cc1ccc(O)cc1)C(=O)OC)C(I)(CCC)C(=O)C(Cc1ccc(O)cc1)NC. The number of carbonyl (C=O) groups excluding carboxylic acids is 2. The summed E-state index contributed by atoms with van der Waals surface area (Å²) in [5, 5.41) is 22.3. The highest BCUT2D eigenvalue weighted by atomic mass is 127. The number of esters is 1. The van der Waals surface area contributed by atoms with Crippen LogP contribution in [0.4, 0.5) is 0 Å². The van der Waals surface area contributed by atoms with Crippen molar-refractivity contribution in [2.75, 3.05) is 14.2 Å². The molecule has 0 radical (unpaired) electrons. The van der Waals surface area contributed by atoms with E-state index in [0.29, 0.717) is 19.3 Å². The minimum absolute atomic E-state index is 0.114. The molecule has 2 unspecified atom stereocenters. The Labute approximate surface area is 214 Å². The molecule has 0 aliphatic rings. The van der Waals surface area contributed by atoms with E-state index in [0.717, 1.165) is 11.1 Å². The highest BCUT2D eigenvalue weighted by molar-refractivity contribution is 14.1. The van der Waals surface area contributed by atoms with E-state index in [1.807, 2.05) is 6.92 Å². The van der Waals surface area contributed by atoms with Gasteiger partial charge in [-0.2, -0.15) is 0 Å². The summed E-state index contributed by atoms with van der Waals surface area (Å²) in [5.41, 5.74) is 1.65. The third-order valence-electron chi connectivity index (χ3n) is 5.67. The van der Waals surface area contributed by atoms with Crippen molar-refractivity contribution in [1.82, 2.24) is 10.2 Å². The fraction of sp³-hybridized carbons (Fsp3) is 0.385. The molecule has 0 saturated heterocycles. The van der Waals surface area contributed by atoms with Crippen molar-refractivity contribution in [2.24, 2.45) is 0 Å². The van der Waals surface area contributed by atoms with Crippen LogP contribution in [0.25, 0.3) is 0 Å². The number of phenols is 2. The zero-order chi connectivity index (χ0) is 25.3. The van der Waals surface area contributed by atoms with Gasteiger partial charge in [0.15, 0.2) is 9.33 Å². The molecule has 2 aromatic rings. The quantitative estimate of drug-likeness (QED) is 0.0887. The highest BCUT2D eigenvalue weighted by Crippen LogP contribution is 2.35. The van der Waals surface area contributed by atoms with E-state index < -0.39 is 21.6 Å². The number of benzene rings is 2. The fourth-order valence-electron chi connectivity index (χ4n) is 3.86. The van der Waals surface area contributed by atoms with Gasteiger partial charge in [0.05, 0.1) is 13.2 Å². The first kappa shape index (κ1) is 27.5. The number of ether oxygens (including phenoxy) is 1. The molecule has 0 saturated carbocycles. The number of terminal acetylenes is 1.